The molecule has 0 unspecified atom stereocenters. The van der Waals surface area contributed by atoms with Crippen molar-refractivity contribution < 1.29 is 4.79 Å². The van der Waals surface area contributed by atoms with E-state index >= 15 is 0 Å². The SMILES string of the molecule is CC(C)C(=O)N[C@H]1CCc2ccccc2C1. The van der Waals surface area contributed by atoms with Gasteiger partial charge in [0.05, 0.1) is 0 Å². The Morgan fingerprint density at radius 2 is 2.00 bits per heavy atom. The Labute approximate surface area is 97.1 Å². The van der Waals surface area contributed by atoms with Crippen LogP contribution in [0, 0.1) is 5.92 Å². The molecule has 1 aliphatic carbocycles. The minimum absolute atomic E-state index is 0.0807. The summed E-state index contributed by atoms with van der Waals surface area (Å²) in [6.45, 7) is 3.87. The van der Waals surface area contributed by atoms with Crippen LogP contribution in [-0.4, -0.2) is 11.9 Å². The first-order chi connectivity index (χ1) is 7.66. The average Bonchev–Trinajstić information content (AvgIpc) is 2.28. The zero-order valence-electron chi connectivity index (χ0n) is 9.99. The fourth-order valence-corrected chi connectivity index (χ4v) is 2.19. The van der Waals surface area contributed by atoms with Gasteiger partial charge in [0.2, 0.25) is 5.91 Å². The van der Waals surface area contributed by atoms with E-state index in [2.05, 4.69) is 29.6 Å². The minimum Gasteiger partial charge on any atom is -0.353 e. The second-order valence-electron chi connectivity index (χ2n) is 4.87. The van der Waals surface area contributed by atoms with Gasteiger partial charge in [-0.05, 0) is 30.4 Å². The summed E-state index contributed by atoms with van der Waals surface area (Å²) in [5, 5.41) is 3.12. The zero-order valence-corrected chi connectivity index (χ0v) is 9.99. The van der Waals surface area contributed by atoms with Gasteiger partial charge in [0.25, 0.3) is 0 Å². The summed E-state index contributed by atoms with van der Waals surface area (Å²) in [5.41, 5.74) is 2.83. The van der Waals surface area contributed by atoms with Crippen LogP contribution in [0.15, 0.2) is 24.3 Å². The number of hydrogen-bond donors (Lipinski definition) is 1. The Morgan fingerprint density at radius 1 is 1.31 bits per heavy atom. The van der Waals surface area contributed by atoms with E-state index < -0.39 is 0 Å². The summed E-state index contributed by atoms with van der Waals surface area (Å²) in [6.07, 6.45) is 3.13. The number of carbonyl (C=O) groups is 1. The molecule has 1 N–H and O–H groups in total. The van der Waals surface area contributed by atoms with Crippen molar-refractivity contribution in [3.63, 3.8) is 0 Å². The maximum atomic E-state index is 11.6. The summed E-state index contributed by atoms with van der Waals surface area (Å²) in [5.74, 6) is 0.251. The van der Waals surface area contributed by atoms with Crippen LogP contribution in [0.3, 0.4) is 0 Å². The standard InChI is InChI=1S/C14H19NO/c1-10(2)14(16)15-13-8-7-11-5-3-4-6-12(11)9-13/h3-6,10,13H,7-9H2,1-2H3,(H,15,16)/t13-/m0/s1. The number of nitrogens with one attached hydrogen (secondary N) is 1. The van der Waals surface area contributed by atoms with Crippen molar-refractivity contribution in [1.82, 2.24) is 5.32 Å². The molecule has 1 amide bonds. The Bertz CT molecular complexity index is 384. The summed E-state index contributed by atoms with van der Waals surface area (Å²) in [4.78, 5) is 11.6. The molecule has 1 aromatic carbocycles. The number of rotatable bonds is 2. The Kier molecular flexibility index (Phi) is 3.28. The lowest BCUT2D eigenvalue weighted by Crippen LogP contribution is -2.40. The van der Waals surface area contributed by atoms with Crippen molar-refractivity contribution in [1.29, 1.82) is 0 Å². The van der Waals surface area contributed by atoms with Gasteiger partial charge in [-0.3, -0.25) is 4.79 Å². The summed E-state index contributed by atoms with van der Waals surface area (Å²) < 4.78 is 0. The Balaban J connectivity index is 2.00. The maximum Gasteiger partial charge on any atom is 0.222 e. The molecular formula is C14H19NO. The summed E-state index contributed by atoms with van der Waals surface area (Å²) in [7, 11) is 0. The van der Waals surface area contributed by atoms with Gasteiger partial charge >= 0.3 is 0 Å². The van der Waals surface area contributed by atoms with Gasteiger partial charge in [-0.2, -0.15) is 0 Å². The van der Waals surface area contributed by atoms with E-state index in [1.54, 1.807) is 0 Å². The number of fused-ring (bicyclic) bond motifs is 1. The van der Waals surface area contributed by atoms with Crippen LogP contribution in [0.4, 0.5) is 0 Å². The van der Waals surface area contributed by atoms with Gasteiger partial charge in [0.1, 0.15) is 0 Å². The first-order valence-electron chi connectivity index (χ1n) is 6.04. The fraction of sp³-hybridized carbons (Fsp3) is 0.500. The van der Waals surface area contributed by atoms with Crippen molar-refractivity contribution in [2.45, 2.75) is 39.2 Å². The van der Waals surface area contributed by atoms with E-state index in [1.807, 2.05) is 13.8 Å². The number of hydrogen-bond acceptors (Lipinski definition) is 1. The predicted octanol–water partition coefficient (Wildman–Crippen LogP) is 2.32. The Hall–Kier alpha value is -1.31. The van der Waals surface area contributed by atoms with Gasteiger partial charge in [-0.25, -0.2) is 0 Å². The highest BCUT2D eigenvalue weighted by molar-refractivity contribution is 5.78. The topological polar surface area (TPSA) is 29.1 Å². The molecular weight excluding hydrogens is 198 g/mol. The van der Waals surface area contributed by atoms with Crippen molar-refractivity contribution >= 4 is 5.91 Å². The molecule has 86 valence electrons. The summed E-state index contributed by atoms with van der Waals surface area (Å²) in [6, 6.07) is 8.85. The molecule has 2 heteroatoms. The molecule has 2 nitrogen and oxygen atoms in total. The van der Waals surface area contributed by atoms with Crippen molar-refractivity contribution in [3.05, 3.63) is 35.4 Å². The number of amides is 1. The van der Waals surface area contributed by atoms with Crippen LogP contribution in [0.1, 0.15) is 31.4 Å². The zero-order chi connectivity index (χ0) is 11.5. The first-order valence-corrected chi connectivity index (χ1v) is 6.04. The van der Waals surface area contributed by atoms with Gasteiger partial charge in [-0.15, -0.1) is 0 Å². The van der Waals surface area contributed by atoms with Crippen LogP contribution in [0.25, 0.3) is 0 Å². The monoisotopic (exact) mass is 217 g/mol. The minimum atomic E-state index is 0.0807. The third kappa shape index (κ3) is 2.43. The molecule has 0 aliphatic heterocycles. The molecule has 0 radical (unpaired) electrons. The van der Waals surface area contributed by atoms with Gasteiger partial charge < -0.3 is 5.32 Å². The molecule has 16 heavy (non-hydrogen) atoms. The highest BCUT2D eigenvalue weighted by Crippen LogP contribution is 2.21. The van der Waals surface area contributed by atoms with Crippen LogP contribution < -0.4 is 5.32 Å². The number of aryl methyl sites for hydroxylation is 1. The van der Waals surface area contributed by atoms with E-state index in [4.69, 9.17) is 0 Å². The van der Waals surface area contributed by atoms with E-state index in [0.717, 1.165) is 19.3 Å². The quantitative estimate of drug-likeness (QED) is 0.809. The smallest absolute Gasteiger partial charge is 0.222 e. The van der Waals surface area contributed by atoms with E-state index in [1.165, 1.54) is 11.1 Å². The molecule has 0 fully saturated rings. The van der Waals surface area contributed by atoms with E-state index in [9.17, 15) is 4.79 Å². The molecule has 0 aromatic heterocycles. The lowest BCUT2D eigenvalue weighted by atomic mass is 9.88. The third-order valence-corrected chi connectivity index (χ3v) is 3.22. The number of carbonyl (C=O) groups excluding carboxylic acids is 1. The molecule has 1 aliphatic rings. The van der Waals surface area contributed by atoms with Gasteiger partial charge in [-0.1, -0.05) is 38.1 Å². The Morgan fingerprint density at radius 3 is 2.69 bits per heavy atom. The molecule has 0 heterocycles. The van der Waals surface area contributed by atoms with Gasteiger partial charge in [0.15, 0.2) is 0 Å². The number of benzene rings is 1. The predicted molar refractivity (Wildman–Crippen MR) is 65.2 cm³/mol. The van der Waals surface area contributed by atoms with E-state index in [0.29, 0.717) is 6.04 Å². The largest absolute Gasteiger partial charge is 0.353 e. The highest BCUT2D eigenvalue weighted by Gasteiger charge is 2.20. The second kappa shape index (κ2) is 4.69. The lowest BCUT2D eigenvalue weighted by Gasteiger charge is -2.26. The van der Waals surface area contributed by atoms with Crippen LogP contribution >= 0.6 is 0 Å². The van der Waals surface area contributed by atoms with Crippen LogP contribution in [-0.2, 0) is 17.6 Å². The highest BCUT2D eigenvalue weighted by atomic mass is 16.1. The molecule has 0 saturated carbocycles. The molecule has 2 rings (SSSR count). The van der Waals surface area contributed by atoms with E-state index in [-0.39, 0.29) is 11.8 Å². The normalized spacial score (nSPS) is 19.3. The summed E-state index contributed by atoms with van der Waals surface area (Å²) >= 11 is 0. The van der Waals surface area contributed by atoms with Crippen LogP contribution in [0.5, 0.6) is 0 Å². The van der Waals surface area contributed by atoms with Crippen molar-refractivity contribution in [2.24, 2.45) is 5.92 Å². The molecule has 0 spiro atoms. The van der Waals surface area contributed by atoms with Crippen molar-refractivity contribution in [3.8, 4) is 0 Å². The molecule has 0 saturated heterocycles. The molecule has 1 atom stereocenters. The molecule has 0 bridgehead atoms. The molecule has 1 aromatic rings. The fourth-order valence-electron chi connectivity index (χ4n) is 2.19. The second-order valence-corrected chi connectivity index (χ2v) is 4.87. The maximum absolute atomic E-state index is 11.6. The third-order valence-electron chi connectivity index (χ3n) is 3.22. The van der Waals surface area contributed by atoms with Gasteiger partial charge in [0, 0.05) is 12.0 Å². The van der Waals surface area contributed by atoms with Crippen LogP contribution in [0.2, 0.25) is 0 Å². The average molecular weight is 217 g/mol. The first kappa shape index (κ1) is 11.2. The van der Waals surface area contributed by atoms with Crippen molar-refractivity contribution in [2.75, 3.05) is 0 Å². The lowest BCUT2D eigenvalue weighted by molar-refractivity contribution is -0.124.